The van der Waals surface area contributed by atoms with E-state index in [-0.39, 0.29) is 18.3 Å². The van der Waals surface area contributed by atoms with Crippen molar-refractivity contribution in [1.29, 1.82) is 0 Å². The minimum absolute atomic E-state index is 0.185. The van der Waals surface area contributed by atoms with Gasteiger partial charge < -0.3 is 5.32 Å². The molecule has 2 N–H and O–H groups in total. The Bertz CT molecular complexity index is 867. The Labute approximate surface area is 149 Å². The molecule has 0 aliphatic carbocycles. The molecular formula is C18H17FN4OS. The number of hydrogen-bond donors (Lipinski definition) is 2. The van der Waals surface area contributed by atoms with Crippen LogP contribution in [-0.2, 0) is 12.3 Å². The number of halogens is 1. The van der Waals surface area contributed by atoms with E-state index in [4.69, 9.17) is 0 Å². The first kappa shape index (κ1) is 17.2. The second-order valence-corrected chi connectivity index (χ2v) is 6.47. The maximum Gasteiger partial charge on any atom is 0.251 e. The molecule has 0 saturated carbocycles. The number of H-pyrrole nitrogens is 1. The summed E-state index contributed by atoms with van der Waals surface area (Å²) in [6, 6.07) is 12.4. The summed E-state index contributed by atoms with van der Waals surface area (Å²) >= 11 is 1.47. The molecule has 2 aromatic carbocycles. The molecule has 0 aliphatic rings. The molecule has 0 saturated heterocycles. The van der Waals surface area contributed by atoms with Gasteiger partial charge in [-0.25, -0.2) is 9.37 Å². The van der Waals surface area contributed by atoms with Gasteiger partial charge in [0.05, 0.1) is 0 Å². The number of benzene rings is 2. The van der Waals surface area contributed by atoms with Crippen LogP contribution in [0.4, 0.5) is 4.39 Å². The van der Waals surface area contributed by atoms with E-state index in [0.29, 0.717) is 22.0 Å². The second-order valence-electron chi connectivity index (χ2n) is 5.50. The van der Waals surface area contributed by atoms with Gasteiger partial charge in [0.25, 0.3) is 5.91 Å². The molecule has 7 heteroatoms. The number of nitrogens with one attached hydrogen (secondary N) is 2. The van der Waals surface area contributed by atoms with Gasteiger partial charge in [0.2, 0.25) is 0 Å². The summed E-state index contributed by atoms with van der Waals surface area (Å²) in [7, 11) is 0. The standard InChI is InChI=1S/C18H17FN4OS/c1-12-6-7-13(8-16(12)19)9-20-17(24)15-5-3-2-4-14(15)10-25-18-21-11-22-23-18/h2-8,11H,9-10H2,1H3,(H,20,24)(H,21,22,23). The van der Waals surface area contributed by atoms with Crippen LogP contribution < -0.4 is 5.32 Å². The zero-order valence-electron chi connectivity index (χ0n) is 13.6. The number of hydrogen-bond acceptors (Lipinski definition) is 4. The zero-order chi connectivity index (χ0) is 17.6. The summed E-state index contributed by atoms with van der Waals surface area (Å²) in [5.74, 6) is 0.142. The van der Waals surface area contributed by atoms with Gasteiger partial charge in [0, 0.05) is 17.9 Å². The number of amides is 1. The van der Waals surface area contributed by atoms with Gasteiger partial charge in [-0.15, -0.1) is 0 Å². The topological polar surface area (TPSA) is 70.7 Å². The Morgan fingerprint density at radius 3 is 2.88 bits per heavy atom. The average Bonchev–Trinajstić information content (AvgIpc) is 3.14. The smallest absolute Gasteiger partial charge is 0.251 e. The van der Waals surface area contributed by atoms with Gasteiger partial charge >= 0.3 is 0 Å². The largest absolute Gasteiger partial charge is 0.348 e. The predicted molar refractivity (Wildman–Crippen MR) is 94.7 cm³/mol. The predicted octanol–water partition coefficient (Wildman–Crippen LogP) is 3.47. The number of aryl methyl sites for hydroxylation is 1. The van der Waals surface area contributed by atoms with Gasteiger partial charge in [-0.05, 0) is 35.7 Å². The first-order chi connectivity index (χ1) is 12.1. The van der Waals surface area contributed by atoms with E-state index in [1.165, 1.54) is 24.2 Å². The zero-order valence-corrected chi connectivity index (χ0v) is 14.4. The van der Waals surface area contributed by atoms with Gasteiger partial charge in [0.1, 0.15) is 12.1 Å². The quantitative estimate of drug-likeness (QED) is 0.664. The maximum absolute atomic E-state index is 13.6. The summed E-state index contributed by atoms with van der Waals surface area (Å²) in [6.07, 6.45) is 1.45. The number of thioether (sulfide) groups is 1. The van der Waals surface area contributed by atoms with E-state index in [1.807, 2.05) is 24.3 Å². The maximum atomic E-state index is 13.6. The van der Waals surface area contributed by atoms with Crippen LogP contribution in [-0.4, -0.2) is 21.1 Å². The lowest BCUT2D eigenvalue weighted by atomic mass is 10.1. The van der Waals surface area contributed by atoms with E-state index in [1.54, 1.807) is 19.1 Å². The molecule has 3 rings (SSSR count). The highest BCUT2D eigenvalue weighted by Crippen LogP contribution is 2.21. The molecule has 0 aliphatic heterocycles. The van der Waals surface area contributed by atoms with Crippen molar-refractivity contribution in [2.24, 2.45) is 0 Å². The van der Waals surface area contributed by atoms with Crippen molar-refractivity contribution in [3.8, 4) is 0 Å². The van der Waals surface area contributed by atoms with Crippen LogP contribution in [0.2, 0.25) is 0 Å². The molecule has 0 bridgehead atoms. The van der Waals surface area contributed by atoms with E-state index >= 15 is 0 Å². The van der Waals surface area contributed by atoms with Crippen molar-refractivity contribution in [3.63, 3.8) is 0 Å². The molecule has 0 unspecified atom stereocenters. The number of rotatable bonds is 6. The fraction of sp³-hybridized carbons (Fsp3) is 0.167. The van der Waals surface area contributed by atoms with Crippen molar-refractivity contribution in [3.05, 3.63) is 76.9 Å². The summed E-state index contributed by atoms with van der Waals surface area (Å²) < 4.78 is 13.6. The summed E-state index contributed by atoms with van der Waals surface area (Å²) in [6.45, 7) is 1.99. The Balaban J connectivity index is 1.66. The summed E-state index contributed by atoms with van der Waals surface area (Å²) in [4.78, 5) is 16.6. The van der Waals surface area contributed by atoms with Crippen LogP contribution in [0.1, 0.15) is 27.0 Å². The highest BCUT2D eigenvalue weighted by atomic mass is 32.2. The Morgan fingerprint density at radius 1 is 1.28 bits per heavy atom. The van der Waals surface area contributed by atoms with Gasteiger partial charge in [-0.3, -0.25) is 9.89 Å². The lowest BCUT2D eigenvalue weighted by molar-refractivity contribution is 0.0950. The summed E-state index contributed by atoms with van der Waals surface area (Å²) in [5, 5.41) is 10.1. The van der Waals surface area contributed by atoms with E-state index in [2.05, 4.69) is 20.5 Å². The Hall–Kier alpha value is -2.67. The molecule has 1 heterocycles. The number of aromatic nitrogens is 3. The molecule has 1 aromatic heterocycles. The minimum Gasteiger partial charge on any atom is -0.348 e. The van der Waals surface area contributed by atoms with Crippen LogP contribution in [0, 0.1) is 12.7 Å². The molecule has 128 valence electrons. The lowest BCUT2D eigenvalue weighted by Gasteiger charge is -2.10. The third-order valence-electron chi connectivity index (χ3n) is 3.71. The lowest BCUT2D eigenvalue weighted by Crippen LogP contribution is -2.24. The highest BCUT2D eigenvalue weighted by Gasteiger charge is 2.12. The van der Waals surface area contributed by atoms with Gasteiger partial charge in [-0.1, -0.05) is 42.1 Å². The SMILES string of the molecule is Cc1ccc(CNC(=O)c2ccccc2CSc2ncn[nH]2)cc1F. The van der Waals surface area contributed by atoms with Crippen molar-refractivity contribution < 1.29 is 9.18 Å². The third-order valence-corrected chi connectivity index (χ3v) is 4.63. The second kappa shape index (κ2) is 7.94. The van der Waals surface area contributed by atoms with Gasteiger partial charge in [-0.2, -0.15) is 5.10 Å². The molecule has 3 aromatic rings. The van der Waals surface area contributed by atoms with Crippen LogP contribution in [0.25, 0.3) is 0 Å². The molecule has 0 radical (unpaired) electrons. The molecule has 0 fully saturated rings. The Morgan fingerprint density at radius 2 is 2.12 bits per heavy atom. The van der Waals surface area contributed by atoms with Crippen LogP contribution in [0.3, 0.4) is 0 Å². The number of nitrogens with zero attached hydrogens (tertiary/aromatic N) is 2. The molecule has 1 amide bonds. The van der Waals surface area contributed by atoms with Gasteiger partial charge in [0.15, 0.2) is 5.16 Å². The number of carbonyl (C=O) groups excluding carboxylic acids is 1. The number of aromatic amines is 1. The van der Waals surface area contributed by atoms with E-state index in [0.717, 1.165) is 11.1 Å². The van der Waals surface area contributed by atoms with Crippen LogP contribution in [0.5, 0.6) is 0 Å². The average molecular weight is 356 g/mol. The monoisotopic (exact) mass is 356 g/mol. The fourth-order valence-electron chi connectivity index (χ4n) is 2.30. The number of carbonyl (C=O) groups is 1. The normalized spacial score (nSPS) is 10.6. The van der Waals surface area contributed by atoms with E-state index < -0.39 is 0 Å². The van der Waals surface area contributed by atoms with Crippen LogP contribution >= 0.6 is 11.8 Å². The molecule has 25 heavy (non-hydrogen) atoms. The van der Waals surface area contributed by atoms with Crippen molar-refractivity contribution >= 4 is 17.7 Å². The molecule has 0 atom stereocenters. The molecule has 5 nitrogen and oxygen atoms in total. The third kappa shape index (κ3) is 4.45. The van der Waals surface area contributed by atoms with Crippen molar-refractivity contribution in [1.82, 2.24) is 20.5 Å². The Kier molecular flexibility index (Phi) is 5.45. The van der Waals surface area contributed by atoms with E-state index in [9.17, 15) is 9.18 Å². The van der Waals surface area contributed by atoms with Crippen molar-refractivity contribution in [2.75, 3.05) is 0 Å². The minimum atomic E-state index is -0.268. The molecular weight excluding hydrogens is 339 g/mol. The summed E-state index contributed by atoms with van der Waals surface area (Å²) in [5.41, 5.74) is 2.81. The molecule has 0 spiro atoms. The fourth-order valence-corrected chi connectivity index (χ4v) is 3.08. The van der Waals surface area contributed by atoms with Crippen LogP contribution in [0.15, 0.2) is 53.9 Å². The first-order valence-corrected chi connectivity index (χ1v) is 8.71. The van der Waals surface area contributed by atoms with Crippen molar-refractivity contribution in [2.45, 2.75) is 24.4 Å². The highest BCUT2D eigenvalue weighted by molar-refractivity contribution is 7.98. The first-order valence-electron chi connectivity index (χ1n) is 7.73.